The van der Waals surface area contributed by atoms with Crippen molar-refractivity contribution < 1.29 is 9.59 Å². The van der Waals surface area contributed by atoms with Crippen molar-refractivity contribution in [2.24, 2.45) is 5.92 Å². The highest BCUT2D eigenvalue weighted by molar-refractivity contribution is 5.89. The van der Waals surface area contributed by atoms with Crippen LogP contribution >= 0.6 is 0 Å². The van der Waals surface area contributed by atoms with Gasteiger partial charge in [-0.25, -0.2) is 0 Å². The molecule has 0 saturated heterocycles. The van der Waals surface area contributed by atoms with E-state index < -0.39 is 6.04 Å². The largest absolute Gasteiger partial charge is 0.357 e. The summed E-state index contributed by atoms with van der Waals surface area (Å²) in [6.45, 7) is 5.91. The Bertz CT molecular complexity index is 267. The van der Waals surface area contributed by atoms with Crippen LogP contribution in [0.3, 0.4) is 0 Å². The van der Waals surface area contributed by atoms with Crippen LogP contribution in [-0.2, 0) is 9.59 Å². The quantitative estimate of drug-likeness (QED) is 0.598. The van der Waals surface area contributed by atoms with Gasteiger partial charge in [0.15, 0.2) is 0 Å². The molecule has 0 aliphatic carbocycles. The Morgan fingerprint density at radius 2 is 1.72 bits per heavy atom. The van der Waals surface area contributed by atoms with Gasteiger partial charge >= 0.3 is 0 Å². The summed E-state index contributed by atoms with van der Waals surface area (Å²) in [4.78, 5) is 23.8. The van der Waals surface area contributed by atoms with Gasteiger partial charge in [-0.2, -0.15) is 0 Å². The average Bonchev–Trinajstić information content (AvgIpc) is 2.40. The fourth-order valence-corrected chi connectivity index (χ4v) is 1.94. The average molecular weight is 257 g/mol. The van der Waals surface area contributed by atoms with Gasteiger partial charge in [0.2, 0.25) is 11.8 Å². The lowest BCUT2D eigenvalue weighted by Gasteiger charge is -2.26. The molecule has 0 spiro atoms. The first-order chi connectivity index (χ1) is 8.51. The Labute approximate surface area is 110 Å². The van der Waals surface area contributed by atoms with Crippen LogP contribution in [0.1, 0.15) is 40.0 Å². The molecular weight excluding hydrogens is 230 g/mol. The van der Waals surface area contributed by atoms with Crippen LogP contribution in [0.5, 0.6) is 0 Å². The number of carbonyl (C=O) groups excluding carboxylic acids is 2. The van der Waals surface area contributed by atoms with Gasteiger partial charge in [-0.05, 0) is 26.3 Å². The van der Waals surface area contributed by atoms with Gasteiger partial charge in [0.05, 0.1) is 6.04 Å². The number of amides is 2. The fourth-order valence-electron chi connectivity index (χ4n) is 1.94. The standard InChI is InChI=1S/C13H27N3O2/c1-6-8-10(7-2)11(13(18)15-5)16-12(17)9(3)14-4/h9-11,14H,6-8H2,1-5H3,(H,15,18)(H,16,17). The van der Waals surface area contributed by atoms with E-state index in [1.807, 2.05) is 6.92 Å². The van der Waals surface area contributed by atoms with E-state index in [0.717, 1.165) is 19.3 Å². The first kappa shape index (κ1) is 16.9. The number of hydrogen-bond acceptors (Lipinski definition) is 3. The van der Waals surface area contributed by atoms with Gasteiger partial charge in [0.1, 0.15) is 6.04 Å². The van der Waals surface area contributed by atoms with Crippen molar-refractivity contribution in [3.8, 4) is 0 Å². The molecule has 0 saturated carbocycles. The summed E-state index contributed by atoms with van der Waals surface area (Å²) in [6, 6.07) is -0.737. The number of hydrogen-bond donors (Lipinski definition) is 3. The fraction of sp³-hybridized carbons (Fsp3) is 0.846. The second kappa shape index (κ2) is 8.91. The normalized spacial score (nSPS) is 15.6. The smallest absolute Gasteiger partial charge is 0.242 e. The third-order valence-electron chi connectivity index (χ3n) is 3.31. The van der Waals surface area contributed by atoms with Crippen LogP contribution in [0.25, 0.3) is 0 Å². The summed E-state index contributed by atoms with van der Waals surface area (Å²) in [5.41, 5.74) is 0. The van der Waals surface area contributed by atoms with Crippen molar-refractivity contribution in [3.05, 3.63) is 0 Å². The molecule has 0 aliphatic rings. The zero-order chi connectivity index (χ0) is 14.1. The first-order valence-electron chi connectivity index (χ1n) is 6.70. The van der Waals surface area contributed by atoms with E-state index in [2.05, 4.69) is 22.9 Å². The highest BCUT2D eigenvalue weighted by Gasteiger charge is 2.28. The van der Waals surface area contributed by atoms with Gasteiger partial charge in [-0.1, -0.05) is 26.7 Å². The van der Waals surface area contributed by atoms with Crippen LogP contribution in [0, 0.1) is 5.92 Å². The lowest BCUT2D eigenvalue weighted by molar-refractivity contribution is -0.131. The SMILES string of the molecule is CCCC(CC)C(NC(=O)C(C)NC)C(=O)NC. The molecule has 0 radical (unpaired) electrons. The van der Waals surface area contributed by atoms with Gasteiger partial charge in [0, 0.05) is 7.05 Å². The van der Waals surface area contributed by atoms with E-state index in [9.17, 15) is 9.59 Å². The molecular formula is C13H27N3O2. The lowest BCUT2D eigenvalue weighted by atomic mass is 9.91. The van der Waals surface area contributed by atoms with Crippen molar-refractivity contribution in [2.75, 3.05) is 14.1 Å². The summed E-state index contributed by atoms with van der Waals surface area (Å²) in [7, 11) is 3.32. The van der Waals surface area contributed by atoms with Crippen LogP contribution in [0.4, 0.5) is 0 Å². The molecule has 5 heteroatoms. The highest BCUT2D eigenvalue weighted by Crippen LogP contribution is 2.16. The lowest BCUT2D eigenvalue weighted by Crippen LogP contribution is -2.54. The Balaban J connectivity index is 4.77. The molecule has 0 aromatic rings. The van der Waals surface area contributed by atoms with Crippen molar-refractivity contribution in [1.82, 2.24) is 16.0 Å². The van der Waals surface area contributed by atoms with Crippen LogP contribution < -0.4 is 16.0 Å². The molecule has 0 heterocycles. The molecule has 5 nitrogen and oxygen atoms in total. The van der Waals surface area contributed by atoms with Crippen LogP contribution in [0.15, 0.2) is 0 Å². The number of rotatable bonds is 8. The Kier molecular flexibility index (Phi) is 8.37. The van der Waals surface area contributed by atoms with E-state index in [-0.39, 0.29) is 23.8 Å². The molecule has 106 valence electrons. The zero-order valence-corrected chi connectivity index (χ0v) is 12.2. The molecule has 0 aromatic heterocycles. The Morgan fingerprint density at radius 3 is 2.11 bits per heavy atom. The summed E-state index contributed by atoms with van der Waals surface area (Å²) >= 11 is 0. The molecule has 0 aromatic carbocycles. The predicted octanol–water partition coefficient (Wildman–Crippen LogP) is 0.651. The number of likely N-dealkylation sites (N-methyl/N-ethyl adjacent to an activating group) is 2. The highest BCUT2D eigenvalue weighted by atomic mass is 16.2. The monoisotopic (exact) mass is 257 g/mol. The van der Waals surface area contributed by atoms with Crippen LogP contribution in [0.2, 0.25) is 0 Å². The molecule has 2 amide bonds. The molecule has 0 bridgehead atoms. The summed E-state index contributed by atoms with van der Waals surface area (Å²) in [6.07, 6.45) is 2.81. The van der Waals surface area contributed by atoms with Gasteiger partial charge < -0.3 is 16.0 Å². The van der Waals surface area contributed by atoms with Crippen molar-refractivity contribution >= 4 is 11.8 Å². The van der Waals surface area contributed by atoms with Crippen LogP contribution in [-0.4, -0.2) is 38.0 Å². The number of nitrogens with one attached hydrogen (secondary N) is 3. The summed E-state index contributed by atoms with van der Waals surface area (Å²) < 4.78 is 0. The molecule has 0 fully saturated rings. The minimum atomic E-state index is -0.441. The minimum Gasteiger partial charge on any atom is -0.357 e. The molecule has 0 aliphatic heterocycles. The van der Waals surface area contributed by atoms with E-state index in [1.54, 1.807) is 21.0 Å². The zero-order valence-electron chi connectivity index (χ0n) is 12.2. The molecule has 18 heavy (non-hydrogen) atoms. The summed E-state index contributed by atoms with van der Waals surface area (Å²) in [5.74, 6) is -0.0736. The third kappa shape index (κ3) is 5.04. The van der Waals surface area contributed by atoms with Crippen molar-refractivity contribution in [1.29, 1.82) is 0 Å². The maximum atomic E-state index is 11.9. The predicted molar refractivity (Wildman–Crippen MR) is 73.2 cm³/mol. The van der Waals surface area contributed by atoms with E-state index in [1.165, 1.54) is 0 Å². The molecule has 0 rings (SSSR count). The van der Waals surface area contributed by atoms with Gasteiger partial charge in [0.25, 0.3) is 0 Å². The summed E-state index contributed by atoms with van der Waals surface area (Å²) in [5, 5.41) is 8.34. The first-order valence-corrected chi connectivity index (χ1v) is 6.70. The minimum absolute atomic E-state index is 0.119. The maximum absolute atomic E-state index is 11.9. The molecule has 3 unspecified atom stereocenters. The maximum Gasteiger partial charge on any atom is 0.242 e. The number of carbonyl (C=O) groups is 2. The van der Waals surface area contributed by atoms with Gasteiger partial charge in [-0.15, -0.1) is 0 Å². The third-order valence-corrected chi connectivity index (χ3v) is 3.31. The molecule has 3 atom stereocenters. The Morgan fingerprint density at radius 1 is 1.11 bits per heavy atom. The Hall–Kier alpha value is -1.10. The topological polar surface area (TPSA) is 70.2 Å². The second-order valence-corrected chi connectivity index (χ2v) is 4.57. The second-order valence-electron chi connectivity index (χ2n) is 4.57. The van der Waals surface area contributed by atoms with E-state index in [4.69, 9.17) is 0 Å². The van der Waals surface area contributed by atoms with E-state index in [0.29, 0.717) is 0 Å². The van der Waals surface area contributed by atoms with Gasteiger partial charge in [-0.3, -0.25) is 9.59 Å². The van der Waals surface area contributed by atoms with E-state index >= 15 is 0 Å². The van der Waals surface area contributed by atoms with Crippen molar-refractivity contribution in [2.45, 2.75) is 52.1 Å². The molecule has 3 N–H and O–H groups in total. The van der Waals surface area contributed by atoms with Crippen molar-refractivity contribution in [3.63, 3.8) is 0 Å².